The topological polar surface area (TPSA) is 75.6 Å². The molecule has 3 aromatic rings. The molecule has 0 aromatic carbocycles. The van der Waals surface area contributed by atoms with Gasteiger partial charge in [0.05, 0.1) is 28.1 Å². The number of aromatic nitrogens is 3. The Morgan fingerprint density at radius 1 is 1.47 bits per heavy atom. The van der Waals surface area contributed by atoms with E-state index in [1.807, 2.05) is 17.5 Å². The van der Waals surface area contributed by atoms with Gasteiger partial charge in [-0.05, 0) is 23.9 Å². The Labute approximate surface area is 112 Å². The van der Waals surface area contributed by atoms with E-state index in [4.69, 9.17) is 9.78 Å². The summed E-state index contributed by atoms with van der Waals surface area (Å²) in [5.74, 6) is 1.25. The van der Waals surface area contributed by atoms with Crippen molar-refractivity contribution in [3.8, 4) is 17.5 Å². The summed E-state index contributed by atoms with van der Waals surface area (Å²) in [5, 5.41) is 14.8. The van der Waals surface area contributed by atoms with E-state index in [-0.39, 0.29) is 11.8 Å². The van der Waals surface area contributed by atoms with Gasteiger partial charge in [0.15, 0.2) is 0 Å². The molecule has 92 valence electrons. The molecule has 5 nitrogen and oxygen atoms in total. The molecule has 6 heteroatoms. The first-order valence-corrected chi connectivity index (χ1v) is 6.80. The Kier molecular flexibility index (Phi) is 2.17. The molecule has 3 aromatic heterocycles. The van der Waals surface area contributed by atoms with E-state index in [0.717, 1.165) is 22.2 Å². The average Bonchev–Trinajstić information content (AvgIpc) is 2.88. The van der Waals surface area contributed by atoms with E-state index >= 15 is 0 Å². The molecule has 1 aliphatic rings. The molecule has 2 unspecified atom stereocenters. The summed E-state index contributed by atoms with van der Waals surface area (Å²) in [6, 6.07) is 6.21. The molecule has 0 N–H and O–H groups in total. The van der Waals surface area contributed by atoms with Crippen LogP contribution in [0.15, 0.2) is 28.2 Å². The molecule has 0 saturated heterocycles. The standard InChI is InChI=1S/C13H8N4OS/c14-5-7-3-9(7)13-16-12(17-18-13)8-4-11-10(15-6-8)1-2-19-11/h1-2,4,6-7,9H,3H2. The van der Waals surface area contributed by atoms with Crippen molar-refractivity contribution in [1.82, 2.24) is 15.1 Å². The third kappa shape index (κ3) is 1.71. The number of hydrogen-bond donors (Lipinski definition) is 0. The van der Waals surface area contributed by atoms with E-state index in [2.05, 4.69) is 21.2 Å². The van der Waals surface area contributed by atoms with Crippen LogP contribution in [-0.4, -0.2) is 15.1 Å². The van der Waals surface area contributed by atoms with Gasteiger partial charge in [-0.15, -0.1) is 11.3 Å². The van der Waals surface area contributed by atoms with Crippen molar-refractivity contribution in [3.05, 3.63) is 29.6 Å². The van der Waals surface area contributed by atoms with Gasteiger partial charge in [-0.1, -0.05) is 5.16 Å². The highest BCUT2D eigenvalue weighted by atomic mass is 32.1. The third-order valence-corrected chi connectivity index (χ3v) is 4.13. The zero-order valence-electron chi connectivity index (χ0n) is 9.78. The monoisotopic (exact) mass is 268 g/mol. The number of fused-ring (bicyclic) bond motifs is 1. The molecule has 4 rings (SSSR count). The van der Waals surface area contributed by atoms with Crippen molar-refractivity contribution in [3.63, 3.8) is 0 Å². The van der Waals surface area contributed by atoms with Crippen LogP contribution in [0, 0.1) is 17.2 Å². The number of pyridine rings is 1. The van der Waals surface area contributed by atoms with Crippen LogP contribution < -0.4 is 0 Å². The van der Waals surface area contributed by atoms with Crippen LogP contribution in [0.4, 0.5) is 0 Å². The predicted molar refractivity (Wildman–Crippen MR) is 69.4 cm³/mol. The first-order chi connectivity index (χ1) is 9.35. The van der Waals surface area contributed by atoms with Crippen LogP contribution in [0.2, 0.25) is 0 Å². The quantitative estimate of drug-likeness (QED) is 0.714. The Hall–Kier alpha value is -2.26. The fourth-order valence-corrected chi connectivity index (χ4v) is 2.86. The first-order valence-electron chi connectivity index (χ1n) is 5.92. The third-order valence-electron chi connectivity index (χ3n) is 3.28. The Bertz CT molecular complexity index is 800. The second kappa shape index (κ2) is 3.87. The zero-order chi connectivity index (χ0) is 12.8. The minimum absolute atomic E-state index is 0.0335. The lowest BCUT2D eigenvalue weighted by molar-refractivity contribution is 0.378. The molecule has 2 atom stereocenters. The molecule has 1 saturated carbocycles. The molecule has 1 aliphatic carbocycles. The molecule has 3 heterocycles. The van der Waals surface area contributed by atoms with Crippen molar-refractivity contribution >= 4 is 21.6 Å². The fourth-order valence-electron chi connectivity index (χ4n) is 2.08. The van der Waals surface area contributed by atoms with Crippen molar-refractivity contribution in [2.45, 2.75) is 12.3 Å². The highest BCUT2D eigenvalue weighted by Crippen LogP contribution is 2.46. The maximum Gasteiger partial charge on any atom is 0.231 e. The Balaban J connectivity index is 1.70. The smallest absolute Gasteiger partial charge is 0.231 e. The SMILES string of the molecule is N#CC1CC1c1nc(-c2cnc3ccsc3c2)no1. The molecular formula is C13H8N4OS. The van der Waals surface area contributed by atoms with Gasteiger partial charge in [-0.25, -0.2) is 0 Å². The predicted octanol–water partition coefficient (Wildman–Crippen LogP) is 2.97. The van der Waals surface area contributed by atoms with E-state index in [9.17, 15) is 0 Å². The number of nitrogens with zero attached hydrogens (tertiary/aromatic N) is 4. The van der Waals surface area contributed by atoms with Gasteiger partial charge in [0, 0.05) is 11.8 Å². The average molecular weight is 268 g/mol. The van der Waals surface area contributed by atoms with Gasteiger partial charge in [-0.2, -0.15) is 10.2 Å². The number of hydrogen-bond acceptors (Lipinski definition) is 6. The number of rotatable bonds is 2. The van der Waals surface area contributed by atoms with Crippen molar-refractivity contribution in [2.75, 3.05) is 0 Å². The van der Waals surface area contributed by atoms with Crippen molar-refractivity contribution in [2.24, 2.45) is 5.92 Å². The minimum Gasteiger partial charge on any atom is -0.339 e. The van der Waals surface area contributed by atoms with Crippen LogP contribution in [0.25, 0.3) is 21.6 Å². The fraction of sp³-hybridized carbons (Fsp3) is 0.231. The molecule has 0 spiro atoms. The van der Waals surface area contributed by atoms with Gasteiger partial charge in [0.2, 0.25) is 11.7 Å². The molecule has 19 heavy (non-hydrogen) atoms. The summed E-state index contributed by atoms with van der Waals surface area (Å²) in [6.45, 7) is 0. The van der Waals surface area contributed by atoms with Crippen molar-refractivity contribution in [1.29, 1.82) is 5.26 Å². The first kappa shape index (κ1) is 10.6. The molecule has 0 amide bonds. The molecule has 0 aliphatic heterocycles. The van der Waals surface area contributed by atoms with E-state index < -0.39 is 0 Å². The highest BCUT2D eigenvalue weighted by molar-refractivity contribution is 7.17. The normalized spacial score (nSPS) is 21.4. The summed E-state index contributed by atoms with van der Waals surface area (Å²) in [5.41, 5.74) is 1.82. The Morgan fingerprint density at radius 3 is 3.26 bits per heavy atom. The minimum atomic E-state index is 0.0335. The lowest BCUT2D eigenvalue weighted by Gasteiger charge is -1.93. The van der Waals surface area contributed by atoms with E-state index in [0.29, 0.717) is 11.7 Å². The van der Waals surface area contributed by atoms with E-state index in [1.54, 1.807) is 17.5 Å². The summed E-state index contributed by atoms with van der Waals surface area (Å²) in [7, 11) is 0. The summed E-state index contributed by atoms with van der Waals surface area (Å²) >= 11 is 1.63. The van der Waals surface area contributed by atoms with Crippen LogP contribution in [0.3, 0.4) is 0 Å². The van der Waals surface area contributed by atoms with Crippen LogP contribution >= 0.6 is 11.3 Å². The number of nitriles is 1. The highest BCUT2D eigenvalue weighted by Gasteiger charge is 2.43. The lowest BCUT2D eigenvalue weighted by atomic mass is 10.2. The molecular weight excluding hydrogens is 260 g/mol. The zero-order valence-corrected chi connectivity index (χ0v) is 10.6. The molecule has 0 radical (unpaired) electrons. The van der Waals surface area contributed by atoms with Gasteiger partial charge in [-0.3, -0.25) is 4.98 Å². The molecule has 0 bridgehead atoms. The Morgan fingerprint density at radius 2 is 2.42 bits per heavy atom. The maximum absolute atomic E-state index is 8.81. The lowest BCUT2D eigenvalue weighted by Crippen LogP contribution is -1.84. The summed E-state index contributed by atoms with van der Waals surface area (Å²) < 4.78 is 6.33. The van der Waals surface area contributed by atoms with Gasteiger partial charge in [0.25, 0.3) is 0 Å². The van der Waals surface area contributed by atoms with Gasteiger partial charge >= 0.3 is 0 Å². The van der Waals surface area contributed by atoms with Gasteiger partial charge in [0.1, 0.15) is 0 Å². The van der Waals surface area contributed by atoms with Gasteiger partial charge < -0.3 is 4.52 Å². The van der Waals surface area contributed by atoms with Crippen LogP contribution in [-0.2, 0) is 0 Å². The van der Waals surface area contributed by atoms with Crippen LogP contribution in [0.5, 0.6) is 0 Å². The molecule has 1 fully saturated rings. The van der Waals surface area contributed by atoms with Crippen LogP contribution in [0.1, 0.15) is 18.2 Å². The summed E-state index contributed by atoms with van der Waals surface area (Å²) in [4.78, 5) is 8.72. The maximum atomic E-state index is 8.81. The largest absolute Gasteiger partial charge is 0.339 e. The second-order valence-corrected chi connectivity index (χ2v) is 5.51. The second-order valence-electron chi connectivity index (χ2n) is 4.56. The number of thiophene rings is 1. The van der Waals surface area contributed by atoms with E-state index in [1.165, 1.54) is 0 Å². The summed E-state index contributed by atoms with van der Waals surface area (Å²) in [6.07, 6.45) is 2.57. The van der Waals surface area contributed by atoms with Crippen molar-refractivity contribution < 1.29 is 4.52 Å².